The molecule has 12 heteroatoms. The molecule has 2 aliphatic heterocycles. The summed E-state index contributed by atoms with van der Waals surface area (Å²) in [6.07, 6.45) is 3.49. The highest BCUT2D eigenvalue weighted by molar-refractivity contribution is 6.12. The number of nitrogen functional groups attached to an aromatic ring is 1. The molecule has 0 unspecified atom stereocenters. The van der Waals surface area contributed by atoms with Crippen molar-refractivity contribution in [3.05, 3.63) is 94.4 Å². The van der Waals surface area contributed by atoms with Crippen LogP contribution in [0.15, 0.2) is 54.9 Å². The molecule has 5 aromatic rings. The summed E-state index contributed by atoms with van der Waals surface area (Å²) in [6.45, 7) is 3.84. The van der Waals surface area contributed by atoms with Crippen molar-refractivity contribution < 1.29 is 27.8 Å². The molecule has 0 spiro atoms. The smallest absolute Gasteiger partial charge is 0.230 e. The van der Waals surface area contributed by atoms with E-state index in [4.69, 9.17) is 15.2 Å². The van der Waals surface area contributed by atoms with Crippen molar-refractivity contribution in [1.29, 1.82) is 0 Å². The number of amides is 1. The zero-order chi connectivity index (χ0) is 29.8. The molecule has 0 aliphatic carbocycles. The van der Waals surface area contributed by atoms with E-state index in [0.717, 1.165) is 34.2 Å². The second kappa shape index (κ2) is 10.3. The van der Waals surface area contributed by atoms with E-state index in [1.165, 1.54) is 29.2 Å². The summed E-state index contributed by atoms with van der Waals surface area (Å²) in [4.78, 5) is 35.5. The molecule has 43 heavy (non-hydrogen) atoms. The molecule has 1 saturated heterocycles. The molecule has 0 radical (unpaired) electrons. The number of aromatic amines is 1. The third-order valence-corrected chi connectivity index (χ3v) is 8.01. The number of aromatic nitrogens is 4. The van der Waals surface area contributed by atoms with Crippen LogP contribution in [0, 0.1) is 24.5 Å². The van der Waals surface area contributed by atoms with Crippen LogP contribution in [0.3, 0.4) is 0 Å². The van der Waals surface area contributed by atoms with Crippen molar-refractivity contribution in [2.24, 2.45) is 5.92 Å². The Morgan fingerprint density at radius 1 is 1.12 bits per heavy atom. The highest BCUT2D eigenvalue weighted by Crippen LogP contribution is 2.32. The van der Waals surface area contributed by atoms with Crippen LogP contribution < -0.4 is 10.5 Å². The fourth-order valence-corrected chi connectivity index (χ4v) is 5.59. The number of nitrogens with two attached hydrogens (primary N) is 1. The number of benzene rings is 2. The minimum Gasteiger partial charge on any atom is -0.433 e. The van der Waals surface area contributed by atoms with Gasteiger partial charge in [-0.25, -0.2) is 18.4 Å². The van der Waals surface area contributed by atoms with Crippen molar-refractivity contribution in [2.45, 2.75) is 19.9 Å². The Hall–Kier alpha value is -5.10. The number of ether oxygens (including phenoxy) is 2. The summed E-state index contributed by atoms with van der Waals surface area (Å²) < 4.78 is 39.9. The van der Waals surface area contributed by atoms with E-state index >= 15 is 0 Å². The van der Waals surface area contributed by atoms with Gasteiger partial charge < -0.3 is 25.1 Å². The van der Waals surface area contributed by atoms with Crippen LogP contribution in [-0.4, -0.2) is 56.1 Å². The van der Waals surface area contributed by atoms with E-state index in [-0.39, 0.29) is 34.9 Å². The third kappa shape index (κ3) is 4.59. The van der Waals surface area contributed by atoms with Crippen molar-refractivity contribution in [1.82, 2.24) is 24.6 Å². The molecular formula is C31H26F2N6O4. The van der Waals surface area contributed by atoms with Crippen LogP contribution >= 0.6 is 0 Å². The second-order valence-electron chi connectivity index (χ2n) is 10.7. The first-order valence-electron chi connectivity index (χ1n) is 13.8. The van der Waals surface area contributed by atoms with Crippen LogP contribution in [-0.2, 0) is 22.5 Å². The summed E-state index contributed by atoms with van der Waals surface area (Å²) in [5, 5.41) is 5.26. The SMILES string of the molecule is Cc1cc(Oc2c(F)cccc2F)ncc1-n1ncc(C(=O)c2cc3c4c(ccc3[nH]2)CN(C(=O)C2COC2)CC4)c1N. The molecule has 0 atom stereocenters. The minimum absolute atomic E-state index is 0.0155. The number of H-pyrrole nitrogens is 1. The Morgan fingerprint density at radius 3 is 2.63 bits per heavy atom. The van der Waals surface area contributed by atoms with Crippen LogP contribution in [0.25, 0.3) is 16.6 Å². The number of anilines is 1. The quantitative estimate of drug-likeness (QED) is 0.282. The first kappa shape index (κ1) is 26.8. The number of nitrogens with one attached hydrogen (secondary N) is 1. The number of fused-ring (bicyclic) bond motifs is 3. The predicted molar refractivity (Wildman–Crippen MR) is 152 cm³/mol. The summed E-state index contributed by atoms with van der Waals surface area (Å²) in [6, 6.07) is 10.7. The lowest BCUT2D eigenvalue weighted by Crippen LogP contribution is -2.46. The van der Waals surface area contributed by atoms with Crippen LogP contribution in [0.2, 0.25) is 0 Å². The summed E-state index contributed by atoms with van der Waals surface area (Å²) in [5.74, 6) is -2.41. The van der Waals surface area contributed by atoms with Crippen LogP contribution in [0.1, 0.15) is 32.7 Å². The van der Waals surface area contributed by atoms with Gasteiger partial charge in [0.2, 0.25) is 23.3 Å². The van der Waals surface area contributed by atoms with E-state index in [2.05, 4.69) is 15.1 Å². The molecule has 3 aromatic heterocycles. The monoisotopic (exact) mass is 584 g/mol. The van der Waals surface area contributed by atoms with E-state index in [9.17, 15) is 18.4 Å². The summed E-state index contributed by atoms with van der Waals surface area (Å²) >= 11 is 0. The maximum atomic E-state index is 14.0. The van der Waals surface area contributed by atoms with E-state index in [1.807, 2.05) is 23.1 Å². The molecule has 5 heterocycles. The Labute approximate surface area is 244 Å². The Balaban J connectivity index is 1.13. The standard InChI is InChI=1S/C31H26F2N6O4/c1-16-9-27(43-29-22(32)3-2-4-23(29)33)35-12-26(16)39-30(34)21(11-36-39)28(40)25-10-20-19-7-8-38(31(41)18-14-42-15-18)13-17(19)5-6-24(20)37-25/h2-6,9-12,18,37H,7-8,13-15,34H2,1H3. The number of carbonyl (C=O) groups is 2. The normalized spacial score (nSPS) is 14.9. The zero-order valence-corrected chi connectivity index (χ0v) is 23.1. The van der Waals surface area contributed by atoms with Crippen molar-refractivity contribution in [3.8, 4) is 17.3 Å². The Bertz CT molecular complexity index is 1910. The highest BCUT2D eigenvalue weighted by Gasteiger charge is 2.33. The van der Waals surface area contributed by atoms with Gasteiger partial charge in [-0.2, -0.15) is 5.10 Å². The molecule has 2 aromatic carbocycles. The molecule has 0 saturated carbocycles. The number of hydrogen-bond donors (Lipinski definition) is 2. The van der Waals surface area contributed by atoms with Gasteiger partial charge in [-0.05, 0) is 54.3 Å². The number of hydrogen-bond acceptors (Lipinski definition) is 7. The van der Waals surface area contributed by atoms with Gasteiger partial charge in [0.15, 0.2) is 11.6 Å². The van der Waals surface area contributed by atoms with Gasteiger partial charge in [-0.15, -0.1) is 0 Å². The average molecular weight is 585 g/mol. The fourth-order valence-electron chi connectivity index (χ4n) is 5.59. The zero-order valence-electron chi connectivity index (χ0n) is 23.1. The lowest BCUT2D eigenvalue weighted by molar-refractivity contribution is -0.150. The Morgan fingerprint density at radius 2 is 1.91 bits per heavy atom. The lowest BCUT2D eigenvalue weighted by atomic mass is 9.94. The molecular weight excluding hydrogens is 558 g/mol. The maximum Gasteiger partial charge on any atom is 0.230 e. The van der Waals surface area contributed by atoms with Crippen LogP contribution in [0.5, 0.6) is 11.6 Å². The van der Waals surface area contributed by atoms with E-state index < -0.39 is 17.4 Å². The van der Waals surface area contributed by atoms with Gasteiger partial charge in [0.25, 0.3) is 0 Å². The van der Waals surface area contributed by atoms with Crippen LogP contribution in [0.4, 0.5) is 14.6 Å². The minimum atomic E-state index is -0.850. The number of halogens is 2. The van der Waals surface area contributed by atoms with Gasteiger partial charge in [0.05, 0.1) is 48.5 Å². The van der Waals surface area contributed by atoms with Gasteiger partial charge >= 0.3 is 0 Å². The van der Waals surface area contributed by atoms with Gasteiger partial charge in [-0.3, -0.25) is 9.59 Å². The topological polar surface area (TPSA) is 128 Å². The number of aryl methyl sites for hydroxylation is 1. The van der Waals surface area contributed by atoms with Crippen molar-refractivity contribution >= 4 is 28.4 Å². The fraction of sp³-hybridized carbons (Fsp3) is 0.226. The van der Waals surface area contributed by atoms with Crippen molar-refractivity contribution in [2.75, 3.05) is 25.5 Å². The number of para-hydroxylation sites is 1. The van der Waals surface area contributed by atoms with Gasteiger partial charge in [0.1, 0.15) is 5.82 Å². The van der Waals surface area contributed by atoms with E-state index in [1.54, 1.807) is 6.92 Å². The molecule has 10 nitrogen and oxygen atoms in total. The average Bonchev–Trinajstić information content (AvgIpc) is 3.57. The third-order valence-electron chi connectivity index (χ3n) is 8.01. The first-order chi connectivity index (χ1) is 20.8. The van der Waals surface area contributed by atoms with Gasteiger partial charge in [0, 0.05) is 30.1 Å². The Kier molecular flexibility index (Phi) is 6.42. The molecule has 3 N–H and O–H groups in total. The number of nitrogens with zero attached hydrogens (tertiary/aromatic N) is 4. The molecule has 218 valence electrons. The van der Waals surface area contributed by atoms with E-state index in [0.29, 0.717) is 49.7 Å². The van der Waals surface area contributed by atoms with Crippen molar-refractivity contribution in [3.63, 3.8) is 0 Å². The second-order valence-corrected chi connectivity index (χ2v) is 10.7. The number of rotatable bonds is 6. The largest absolute Gasteiger partial charge is 0.433 e. The molecule has 2 aliphatic rings. The molecule has 0 bridgehead atoms. The summed E-state index contributed by atoms with van der Waals surface area (Å²) in [7, 11) is 0. The predicted octanol–water partition coefficient (Wildman–Crippen LogP) is 4.47. The number of ketones is 1. The lowest BCUT2D eigenvalue weighted by Gasteiger charge is -2.35. The van der Waals surface area contributed by atoms with Gasteiger partial charge in [-0.1, -0.05) is 12.1 Å². The highest BCUT2D eigenvalue weighted by atomic mass is 19.1. The molecule has 1 amide bonds. The summed E-state index contributed by atoms with van der Waals surface area (Å²) in [5.41, 5.74) is 11.0. The number of carbonyl (C=O) groups excluding carboxylic acids is 2. The maximum absolute atomic E-state index is 14.0. The number of pyridine rings is 1. The molecule has 7 rings (SSSR count). The molecule has 1 fully saturated rings. The first-order valence-corrected chi connectivity index (χ1v) is 13.8.